The van der Waals surface area contributed by atoms with E-state index in [0.717, 1.165) is 38.4 Å². The number of benzene rings is 1. The summed E-state index contributed by atoms with van der Waals surface area (Å²) in [5.74, 6) is -0.307. The quantitative estimate of drug-likeness (QED) is 0.651. The van der Waals surface area contributed by atoms with Crippen molar-refractivity contribution in [1.82, 2.24) is 4.90 Å². The minimum atomic E-state index is -0.307. The number of morpholine rings is 1. The highest BCUT2D eigenvalue weighted by Gasteiger charge is 2.13. The van der Waals surface area contributed by atoms with Crippen LogP contribution in [-0.4, -0.2) is 50.3 Å². The average Bonchev–Trinajstić information content (AvgIpc) is 2.42. The van der Waals surface area contributed by atoms with Gasteiger partial charge in [0, 0.05) is 25.3 Å². The standard InChI is InChI=1S/C14H20N2O3/c1-11-2-3-12(15)10-13(11)14(17)19-9-6-16-4-7-18-8-5-16/h2-3,10H,4-9,15H2,1H3. The molecular formula is C14H20N2O3. The van der Waals surface area contributed by atoms with Gasteiger partial charge in [0.25, 0.3) is 0 Å². The van der Waals surface area contributed by atoms with Gasteiger partial charge in [-0.1, -0.05) is 6.07 Å². The fraction of sp³-hybridized carbons (Fsp3) is 0.500. The molecule has 5 nitrogen and oxygen atoms in total. The van der Waals surface area contributed by atoms with Crippen molar-refractivity contribution in [3.05, 3.63) is 29.3 Å². The number of nitrogen functional groups attached to an aromatic ring is 1. The zero-order valence-corrected chi connectivity index (χ0v) is 11.2. The third-order valence-electron chi connectivity index (χ3n) is 3.23. The van der Waals surface area contributed by atoms with E-state index in [2.05, 4.69) is 4.90 Å². The van der Waals surface area contributed by atoms with Crippen LogP contribution in [0, 0.1) is 6.92 Å². The van der Waals surface area contributed by atoms with Gasteiger partial charge >= 0.3 is 5.97 Å². The summed E-state index contributed by atoms with van der Waals surface area (Å²) in [6.07, 6.45) is 0. The lowest BCUT2D eigenvalue weighted by Crippen LogP contribution is -2.38. The lowest BCUT2D eigenvalue weighted by atomic mass is 10.1. The van der Waals surface area contributed by atoms with E-state index in [1.165, 1.54) is 0 Å². The molecule has 1 fully saturated rings. The normalized spacial score (nSPS) is 16.3. The number of anilines is 1. The Morgan fingerprint density at radius 3 is 2.89 bits per heavy atom. The van der Waals surface area contributed by atoms with Crippen LogP contribution in [-0.2, 0) is 9.47 Å². The van der Waals surface area contributed by atoms with E-state index in [-0.39, 0.29) is 5.97 Å². The monoisotopic (exact) mass is 264 g/mol. The lowest BCUT2D eigenvalue weighted by Gasteiger charge is -2.26. The summed E-state index contributed by atoms with van der Waals surface area (Å²) in [7, 11) is 0. The second kappa shape index (κ2) is 6.54. The molecule has 0 unspecified atom stereocenters. The Bertz CT molecular complexity index is 442. The highest BCUT2D eigenvalue weighted by molar-refractivity contribution is 5.92. The van der Waals surface area contributed by atoms with Crippen LogP contribution in [0.15, 0.2) is 18.2 Å². The Morgan fingerprint density at radius 1 is 1.42 bits per heavy atom. The molecule has 0 saturated carbocycles. The zero-order valence-electron chi connectivity index (χ0n) is 11.2. The number of esters is 1. The van der Waals surface area contributed by atoms with Crippen molar-refractivity contribution in [3.8, 4) is 0 Å². The highest BCUT2D eigenvalue weighted by atomic mass is 16.5. The van der Waals surface area contributed by atoms with Crippen LogP contribution < -0.4 is 5.73 Å². The van der Waals surface area contributed by atoms with Crippen LogP contribution in [0.4, 0.5) is 5.69 Å². The summed E-state index contributed by atoms with van der Waals surface area (Å²) in [4.78, 5) is 14.2. The lowest BCUT2D eigenvalue weighted by molar-refractivity contribution is 0.0195. The van der Waals surface area contributed by atoms with Crippen LogP contribution in [0.2, 0.25) is 0 Å². The maximum atomic E-state index is 11.9. The van der Waals surface area contributed by atoms with Gasteiger partial charge in [0.2, 0.25) is 0 Å². The molecular weight excluding hydrogens is 244 g/mol. The number of carbonyl (C=O) groups is 1. The van der Waals surface area contributed by atoms with Crippen molar-refractivity contribution in [2.24, 2.45) is 0 Å². The fourth-order valence-electron chi connectivity index (χ4n) is 2.03. The van der Waals surface area contributed by atoms with E-state index < -0.39 is 0 Å². The highest BCUT2D eigenvalue weighted by Crippen LogP contribution is 2.13. The largest absolute Gasteiger partial charge is 0.461 e. The predicted octanol–water partition coefficient (Wildman–Crippen LogP) is 1.07. The molecule has 5 heteroatoms. The summed E-state index contributed by atoms with van der Waals surface area (Å²) >= 11 is 0. The maximum absolute atomic E-state index is 11.9. The first-order valence-corrected chi connectivity index (χ1v) is 6.50. The van der Waals surface area contributed by atoms with Gasteiger partial charge in [-0.2, -0.15) is 0 Å². The first-order chi connectivity index (χ1) is 9.16. The SMILES string of the molecule is Cc1ccc(N)cc1C(=O)OCCN1CCOCC1. The molecule has 0 spiro atoms. The number of aryl methyl sites for hydroxylation is 1. The molecule has 0 radical (unpaired) electrons. The Morgan fingerprint density at radius 2 is 2.16 bits per heavy atom. The molecule has 2 N–H and O–H groups in total. The van der Waals surface area contributed by atoms with Crippen molar-refractivity contribution in [1.29, 1.82) is 0 Å². The molecule has 1 heterocycles. The van der Waals surface area contributed by atoms with Crippen molar-refractivity contribution in [3.63, 3.8) is 0 Å². The van der Waals surface area contributed by atoms with E-state index in [9.17, 15) is 4.79 Å². The molecule has 0 atom stereocenters. The van der Waals surface area contributed by atoms with Gasteiger partial charge < -0.3 is 15.2 Å². The Labute approximate surface area is 113 Å². The molecule has 0 amide bonds. The smallest absolute Gasteiger partial charge is 0.338 e. The van der Waals surface area contributed by atoms with Gasteiger partial charge in [0.1, 0.15) is 6.61 Å². The zero-order chi connectivity index (χ0) is 13.7. The van der Waals surface area contributed by atoms with Gasteiger partial charge in [0.15, 0.2) is 0 Å². The van der Waals surface area contributed by atoms with Crippen LogP contribution in [0.5, 0.6) is 0 Å². The Kier molecular flexibility index (Phi) is 4.76. The summed E-state index contributed by atoms with van der Waals surface area (Å²) < 4.78 is 10.6. The number of nitrogens with zero attached hydrogens (tertiary/aromatic N) is 1. The number of hydrogen-bond donors (Lipinski definition) is 1. The van der Waals surface area contributed by atoms with Gasteiger partial charge in [-0.3, -0.25) is 4.90 Å². The molecule has 1 saturated heterocycles. The predicted molar refractivity (Wildman–Crippen MR) is 73.1 cm³/mol. The van der Waals surface area contributed by atoms with E-state index >= 15 is 0 Å². The molecule has 104 valence electrons. The summed E-state index contributed by atoms with van der Waals surface area (Å²) in [6.45, 7) is 6.32. The molecule has 1 aliphatic rings. The second-order valence-corrected chi connectivity index (χ2v) is 4.66. The van der Waals surface area contributed by atoms with Crippen molar-refractivity contribution in [2.45, 2.75) is 6.92 Å². The molecule has 1 aliphatic heterocycles. The van der Waals surface area contributed by atoms with Crippen LogP contribution in [0.3, 0.4) is 0 Å². The van der Waals surface area contributed by atoms with E-state index in [4.69, 9.17) is 15.2 Å². The first-order valence-electron chi connectivity index (χ1n) is 6.50. The average molecular weight is 264 g/mol. The third kappa shape index (κ3) is 3.94. The summed E-state index contributed by atoms with van der Waals surface area (Å²) in [6, 6.07) is 5.26. The number of carbonyl (C=O) groups excluding carboxylic acids is 1. The minimum absolute atomic E-state index is 0.307. The van der Waals surface area contributed by atoms with Crippen molar-refractivity contribution < 1.29 is 14.3 Å². The number of nitrogens with two attached hydrogens (primary N) is 1. The molecule has 0 aliphatic carbocycles. The molecule has 19 heavy (non-hydrogen) atoms. The van der Waals surface area contributed by atoms with Crippen LogP contribution in [0.25, 0.3) is 0 Å². The van der Waals surface area contributed by atoms with Crippen molar-refractivity contribution >= 4 is 11.7 Å². The molecule has 1 aromatic rings. The van der Waals surface area contributed by atoms with Crippen LogP contribution >= 0.6 is 0 Å². The van der Waals surface area contributed by atoms with Gasteiger partial charge in [-0.05, 0) is 24.6 Å². The Hall–Kier alpha value is -1.59. The number of rotatable bonds is 4. The van der Waals surface area contributed by atoms with E-state index in [1.54, 1.807) is 12.1 Å². The van der Waals surface area contributed by atoms with Crippen molar-refractivity contribution in [2.75, 3.05) is 45.2 Å². The molecule has 2 rings (SSSR count). The molecule has 1 aromatic carbocycles. The summed E-state index contributed by atoms with van der Waals surface area (Å²) in [5, 5.41) is 0. The fourth-order valence-corrected chi connectivity index (χ4v) is 2.03. The summed E-state index contributed by atoms with van der Waals surface area (Å²) in [5.41, 5.74) is 7.68. The van der Waals surface area contributed by atoms with Gasteiger partial charge in [-0.25, -0.2) is 4.79 Å². The topological polar surface area (TPSA) is 64.8 Å². The molecule has 0 aromatic heterocycles. The first kappa shape index (κ1) is 13.8. The molecule has 0 bridgehead atoms. The maximum Gasteiger partial charge on any atom is 0.338 e. The van der Waals surface area contributed by atoms with E-state index in [0.29, 0.717) is 17.9 Å². The third-order valence-corrected chi connectivity index (χ3v) is 3.23. The van der Waals surface area contributed by atoms with Gasteiger partial charge in [0.05, 0.1) is 18.8 Å². The minimum Gasteiger partial charge on any atom is -0.461 e. The second-order valence-electron chi connectivity index (χ2n) is 4.66. The van der Waals surface area contributed by atoms with Crippen LogP contribution in [0.1, 0.15) is 15.9 Å². The van der Waals surface area contributed by atoms with Gasteiger partial charge in [-0.15, -0.1) is 0 Å². The Balaban J connectivity index is 1.82. The number of hydrogen-bond acceptors (Lipinski definition) is 5. The number of ether oxygens (including phenoxy) is 2. The van der Waals surface area contributed by atoms with E-state index in [1.807, 2.05) is 13.0 Å².